The second-order valence-electron chi connectivity index (χ2n) is 4.16. The molecule has 0 aromatic heterocycles. The Bertz CT molecular complexity index is 315. The van der Waals surface area contributed by atoms with Gasteiger partial charge in [-0.25, -0.2) is 4.39 Å². The van der Waals surface area contributed by atoms with Crippen molar-refractivity contribution in [1.82, 2.24) is 0 Å². The Labute approximate surface area is 98.2 Å². The molecule has 0 radical (unpaired) electrons. The van der Waals surface area contributed by atoms with Crippen LogP contribution < -0.4 is 0 Å². The number of halogens is 1. The molecule has 0 atom stereocenters. The fourth-order valence-electron chi connectivity index (χ4n) is 1.70. The fourth-order valence-corrected chi connectivity index (χ4v) is 1.70. The summed E-state index contributed by atoms with van der Waals surface area (Å²) in [5.74, 6) is -0.162. The average molecular weight is 220 g/mol. The molecule has 0 unspecified atom stereocenters. The monoisotopic (exact) mass is 220 g/mol. The second-order valence-corrected chi connectivity index (χ2v) is 4.16. The van der Waals surface area contributed by atoms with Gasteiger partial charge in [0.05, 0.1) is 0 Å². The van der Waals surface area contributed by atoms with Crippen LogP contribution in [0.4, 0.5) is 4.39 Å². The van der Waals surface area contributed by atoms with Gasteiger partial charge < -0.3 is 0 Å². The molecular formula is C15H21F. The molecule has 0 aliphatic heterocycles. The van der Waals surface area contributed by atoms with E-state index in [-0.39, 0.29) is 5.82 Å². The van der Waals surface area contributed by atoms with Gasteiger partial charge in [0.15, 0.2) is 0 Å². The summed E-state index contributed by atoms with van der Waals surface area (Å²) in [7, 11) is 0. The zero-order valence-electron chi connectivity index (χ0n) is 10.1. The van der Waals surface area contributed by atoms with E-state index in [0.717, 1.165) is 12.0 Å². The van der Waals surface area contributed by atoms with E-state index < -0.39 is 0 Å². The Balaban J connectivity index is 2.17. The molecule has 0 amide bonds. The minimum Gasteiger partial charge on any atom is -0.207 e. The van der Waals surface area contributed by atoms with Crippen molar-refractivity contribution in [3.8, 4) is 0 Å². The number of hydrogen-bond donors (Lipinski definition) is 0. The van der Waals surface area contributed by atoms with Crippen LogP contribution in [0.15, 0.2) is 30.3 Å². The second kappa shape index (κ2) is 8.09. The fraction of sp³-hybridized carbons (Fsp3) is 0.467. The summed E-state index contributed by atoms with van der Waals surface area (Å²) in [4.78, 5) is 0. The van der Waals surface area contributed by atoms with E-state index in [1.165, 1.54) is 38.2 Å². The van der Waals surface area contributed by atoms with Gasteiger partial charge in [-0.05, 0) is 30.5 Å². The maximum absolute atomic E-state index is 12.8. The van der Waals surface area contributed by atoms with Crippen molar-refractivity contribution in [2.75, 3.05) is 0 Å². The Morgan fingerprint density at radius 3 is 2.69 bits per heavy atom. The highest BCUT2D eigenvalue weighted by Gasteiger charge is 1.90. The van der Waals surface area contributed by atoms with Gasteiger partial charge in [0.2, 0.25) is 0 Å². The summed E-state index contributed by atoms with van der Waals surface area (Å²) in [5, 5.41) is 0. The first-order valence-electron chi connectivity index (χ1n) is 6.25. The standard InChI is InChI=1S/C15H21F/c1-2-3-4-5-6-7-8-10-14-11-9-12-15(16)13-14/h8-13H,2-7H2,1H3. The third-order valence-corrected chi connectivity index (χ3v) is 2.63. The number of allylic oxidation sites excluding steroid dienone is 1. The predicted molar refractivity (Wildman–Crippen MR) is 68.8 cm³/mol. The van der Waals surface area contributed by atoms with E-state index in [0.29, 0.717) is 0 Å². The van der Waals surface area contributed by atoms with E-state index in [4.69, 9.17) is 0 Å². The van der Waals surface area contributed by atoms with Gasteiger partial charge in [-0.1, -0.05) is 56.9 Å². The number of rotatable bonds is 7. The number of benzene rings is 1. The van der Waals surface area contributed by atoms with Gasteiger partial charge in [-0.3, -0.25) is 0 Å². The quantitative estimate of drug-likeness (QED) is 0.554. The molecule has 16 heavy (non-hydrogen) atoms. The summed E-state index contributed by atoms with van der Waals surface area (Å²) in [6.07, 6.45) is 11.8. The van der Waals surface area contributed by atoms with E-state index in [1.807, 2.05) is 12.1 Å². The Kier molecular flexibility index (Phi) is 6.55. The molecule has 0 nitrogen and oxygen atoms in total. The Hall–Kier alpha value is -1.11. The van der Waals surface area contributed by atoms with E-state index in [1.54, 1.807) is 12.1 Å². The van der Waals surface area contributed by atoms with Crippen molar-refractivity contribution in [1.29, 1.82) is 0 Å². The molecular weight excluding hydrogens is 199 g/mol. The number of unbranched alkanes of at least 4 members (excludes halogenated alkanes) is 5. The lowest BCUT2D eigenvalue weighted by molar-refractivity contribution is 0.627. The summed E-state index contributed by atoms with van der Waals surface area (Å²) in [6.45, 7) is 2.23. The van der Waals surface area contributed by atoms with Crippen LogP contribution in [0.25, 0.3) is 6.08 Å². The minimum atomic E-state index is -0.162. The van der Waals surface area contributed by atoms with Gasteiger partial charge in [0.1, 0.15) is 5.82 Å². The van der Waals surface area contributed by atoms with Crippen LogP contribution in [0, 0.1) is 5.82 Å². The maximum atomic E-state index is 12.8. The van der Waals surface area contributed by atoms with E-state index in [9.17, 15) is 4.39 Å². The van der Waals surface area contributed by atoms with Crippen molar-refractivity contribution < 1.29 is 4.39 Å². The Morgan fingerprint density at radius 2 is 1.94 bits per heavy atom. The summed E-state index contributed by atoms with van der Waals surface area (Å²) < 4.78 is 12.8. The van der Waals surface area contributed by atoms with Crippen LogP contribution in [-0.4, -0.2) is 0 Å². The smallest absolute Gasteiger partial charge is 0.123 e. The van der Waals surface area contributed by atoms with Crippen molar-refractivity contribution in [2.45, 2.75) is 45.4 Å². The highest BCUT2D eigenvalue weighted by molar-refractivity contribution is 5.48. The Morgan fingerprint density at radius 1 is 1.12 bits per heavy atom. The molecule has 0 heterocycles. The largest absolute Gasteiger partial charge is 0.207 e. The van der Waals surface area contributed by atoms with Gasteiger partial charge >= 0.3 is 0 Å². The first kappa shape index (κ1) is 13.0. The van der Waals surface area contributed by atoms with Crippen LogP contribution in [0.3, 0.4) is 0 Å². The van der Waals surface area contributed by atoms with Gasteiger partial charge in [0.25, 0.3) is 0 Å². The van der Waals surface area contributed by atoms with Crippen molar-refractivity contribution >= 4 is 6.08 Å². The first-order valence-corrected chi connectivity index (χ1v) is 6.25. The van der Waals surface area contributed by atoms with Crippen molar-refractivity contribution in [3.63, 3.8) is 0 Å². The molecule has 88 valence electrons. The first-order chi connectivity index (χ1) is 7.83. The van der Waals surface area contributed by atoms with E-state index >= 15 is 0 Å². The molecule has 0 fully saturated rings. The highest BCUT2D eigenvalue weighted by Crippen LogP contribution is 2.09. The molecule has 0 saturated carbocycles. The van der Waals surface area contributed by atoms with E-state index in [2.05, 4.69) is 13.0 Å². The molecule has 0 bridgehead atoms. The van der Waals surface area contributed by atoms with Gasteiger partial charge in [-0.2, -0.15) is 0 Å². The lowest BCUT2D eigenvalue weighted by Gasteiger charge is -1.96. The molecule has 1 aromatic carbocycles. The van der Waals surface area contributed by atoms with Crippen LogP contribution in [0.1, 0.15) is 51.0 Å². The summed E-state index contributed by atoms with van der Waals surface area (Å²) >= 11 is 0. The third-order valence-electron chi connectivity index (χ3n) is 2.63. The molecule has 1 heteroatoms. The molecule has 0 N–H and O–H groups in total. The predicted octanol–water partition coefficient (Wildman–Crippen LogP) is 5.20. The zero-order valence-corrected chi connectivity index (χ0v) is 10.1. The van der Waals surface area contributed by atoms with Crippen molar-refractivity contribution in [2.24, 2.45) is 0 Å². The van der Waals surface area contributed by atoms with Crippen LogP contribution in [0.5, 0.6) is 0 Å². The summed E-state index contributed by atoms with van der Waals surface area (Å²) in [5.41, 5.74) is 0.952. The van der Waals surface area contributed by atoms with Crippen LogP contribution >= 0.6 is 0 Å². The molecule has 0 aliphatic rings. The van der Waals surface area contributed by atoms with Crippen molar-refractivity contribution in [3.05, 3.63) is 41.7 Å². The SMILES string of the molecule is CCCCCCCC=Cc1cccc(F)c1. The molecule has 0 aliphatic carbocycles. The molecule has 1 rings (SSSR count). The average Bonchev–Trinajstić information content (AvgIpc) is 2.28. The van der Waals surface area contributed by atoms with Gasteiger partial charge in [0, 0.05) is 0 Å². The normalized spacial score (nSPS) is 11.1. The molecule has 0 saturated heterocycles. The lowest BCUT2D eigenvalue weighted by atomic mass is 10.1. The van der Waals surface area contributed by atoms with Crippen LogP contribution in [0.2, 0.25) is 0 Å². The summed E-state index contributed by atoms with van der Waals surface area (Å²) in [6, 6.07) is 6.71. The lowest BCUT2D eigenvalue weighted by Crippen LogP contribution is -1.77. The molecule has 1 aromatic rings. The third kappa shape index (κ3) is 5.69. The van der Waals surface area contributed by atoms with Gasteiger partial charge in [-0.15, -0.1) is 0 Å². The highest BCUT2D eigenvalue weighted by atomic mass is 19.1. The minimum absolute atomic E-state index is 0.162. The number of hydrogen-bond acceptors (Lipinski definition) is 0. The zero-order chi connectivity index (χ0) is 11.6. The topological polar surface area (TPSA) is 0 Å². The van der Waals surface area contributed by atoms with Crippen LogP contribution in [-0.2, 0) is 0 Å². The molecule has 0 spiro atoms. The maximum Gasteiger partial charge on any atom is 0.123 e.